The lowest BCUT2D eigenvalue weighted by Gasteiger charge is -2.62. The van der Waals surface area contributed by atoms with Crippen LogP contribution in [-0.4, -0.2) is 41.5 Å². The quantitative estimate of drug-likeness (QED) is 0.810. The van der Waals surface area contributed by atoms with Crippen LogP contribution in [0.2, 0.25) is 0 Å². The lowest BCUT2D eigenvalue weighted by molar-refractivity contribution is -0.123. The normalized spacial score (nSPS) is 21.6. The number of rotatable bonds is 3. The molecule has 4 rings (SSSR count). The van der Waals surface area contributed by atoms with E-state index in [4.69, 9.17) is 0 Å². The van der Waals surface area contributed by atoms with Crippen LogP contribution in [0.4, 0.5) is 10.5 Å². The fourth-order valence-corrected chi connectivity index (χ4v) is 4.94. The van der Waals surface area contributed by atoms with Crippen molar-refractivity contribution in [1.82, 2.24) is 9.80 Å². The van der Waals surface area contributed by atoms with Crippen molar-refractivity contribution in [3.63, 3.8) is 0 Å². The van der Waals surface area contributed by atoms with Gasteiger partial charge in [0.05, 0.1) is 0 Å². The number of carbonyl (C=O) groups excluding carboxylic acids is 1. The maximum atomic E-state index is 12.8. The van der Waals surface area contributed by atoms with Gasteiger partial charge in [-0.2, -0.15) is 0 Å². The van der Waals surface area contributed by atoms with Gasteiger partial charge in [-0.15, -0.1) is 0 Å². The zero-order valence-corrected chi connectivity index (χ0v) is 17.2. The molecule has 0 aliphatic carbocycles. The lowest BCUT2D eigenvalue weighted by Crippen LogP contribution is -2.64. The first-order valence-corrected chi connectivity index (χ1v) is 10.4. The van der Waals surface area contributed by atoms with Crippen molar-refractivity contribution < 1.29 is 4.79 Å². The Kier molecular flexibility index (Phi) is 5.15. The number of carbonyl (C=O) groups is 1. The third kappa shape index (κ3) is 3.42. The van der Waals surface area contributed by atoms with Crippen LogP contribution in [0.15, 0.2) is 54.6 Å². The minimum atomic E-state index is 0.0282. The number of piperidine rings is 1. The van der Waals surface area contributed by atoms with E-state index < -0.39 is 0 Å². The molecule has 0 aromatic heterocycles. The molecule has 1 N–H and O–H groups in total. The molecule has 2 amide bonds. The van der Waals surface area contributed by atoms with Crippen molar-refractivity contribution in [3.05, 3.63) is 65.7 Å². The Morgan fingerprint density at radius 2 is 1.68 bits per heavy atom. The molecule has 2 saturated heterocycles. The second kappa shape index (κ2) is 7.59. The summed E-state index contributed by atoms with van der Waals surface area (Å²) >= 11 is 0. The summed E-state index contributed by atoms with van der Waals surface area (Å²) in [4.78, 5) is 17.4. The number of nitrogens with one attached hydrogen (secondary N) is 1. The van der Waals surface area contributed by atoms with E-state index in [-0.39, 0.29) is 6.03 Å². The van der Waals surface area contributed by atoms with Gasteiger partial charge in [0, 0.05) is 42.8 Å². The number of amides is 2. The van der Waals surface area contributed by atoms with Crippen molar-refractivity contribution in [3.8, 4) is 0 Å². The van der Waals surface area contributed by atoms with Crippen LogP contribution in [0.3, 0.4) is 0 Å². The first-order valence-electron chi connectivity index (χ1n) is 10.4. The van der Waals surface area contributed by atoms with E-state index >= 15 is 0 Å². The Morgan fingerprint density at radius 3 is 2.32 bits per heavy atom. The van der Waals surface area contributed by atoms with Crippen molar-refractivity contribution in [2.75, 3.05) is 25.0 Å². The monoisotopic (exact) mass is 377 g/mol. The van der Waals surface area contributed by atoms with Gasteiger partial charge < -0.3 is 10.2 Å². The zero-order chi connectivity index (χ0) is 19.7. The van der Waals surface area contributed by atoms with E-state index in [1.54, 1.807) is 0 Å². The molecular weight excluding hydrogens is 346 g/mol. The number of anilines is 1. The maximum absolute atomic E-state index is 12.8. The van der Waals surface area contributed by atoms with Crippen LogP contribution in [0.5, 0.6) is 0 Å². The average molecular weight is 378 g/mol. The van der Waals surface area contributed by atoms with E-state index in [0.29, 0.717) is 17.5 Å². The number of likely N-dealkylation sites (tertiary alicyclic amines) is 2. The van der Waals surface area contributed by atoms with Gasteiger partial charge in [-0.05, 0) is 50.8 Å². The fourth-order valence-electron chi connectivity index (χ4n) is 4.94. The number of hydrogen-bond donors (Lipinski definition) is 1. The standard InChI is InChI=1S/C24H31N3O/c1-18(2)27-17-24(22(27)20-10-5-4-6-11-20)13-15-26(16-14-24)23(28)25-21-12-8-7-9-19(21)3/h4-12,18,22H,13-17H2,1-3H3,(H,25,28). The van der Waals surface area contributed by atoms with Crippen molar-refractivity contribution >= 4 is 11.7 Å². The summed E-state index contributed by atoms with van der Waals surface area (Å²) in [6.07, 6.45) is 2.13. The molecule has 0 saturated carbocycles. The molecule has 28 heavy (non-hydrogen) atoms. The molecule has 148 valence electrons. The topological polar surface area (TPSA) is 35.6 Å². The molecular formula is C24H31N3O. The van der Waals surface area contributed by atoms with Crippen LogP contribution >= 0.6 is 0 Å². The second-order valence-electron chi connectivity index (χ2n) is 8.67. The highest BCUT2D eigenvalue weighted by molar-refractivity contribution is 5.90. The molecule has 2 aliphatic rings. The van der Waals surface area contributed by atoms with E-state index in [0.717, 1.165) is 43.7 Å². The molecule has 1 atom stereocenters. The Labute approximate surface area is 168 Å². The number of benzene rings is 2. The summed E-state index contributed by atoms with van der Waals surface area (Å²) in [5.74, 6) is 0. The predicted octanol–water partition coefficient (Wildman–Crippen LogP) is 5.07. The van der Waals surface area contributed by atoms with Gasteiger partial charge in [-0.1, -0.05) is 48.5 Å². The predicted molar refractivity (Wildman–Crippen MR) is 114 cm³/mol. The highest BCUT2D eigenvalue weighted by Crippen LogP contribution is 2.55. The van der Waals surface area contributed by atoms with E-state index in [1.165, 1.54) is 5.56 Å². The van der Waals surface area contributed by atoms with Gasteiger partial charge in [-0.3, -0.25) is 4.90 Å². The highest BCUT2D eigenvalue weighted by atomic mass is 16.2. The molecule has 2 fully saturated rings. The molecule has 1 spiro atoms. The third-order valence-electron chi connectivity index (χ3n) is 6.62. The molecule has 2 aromatic rings. The van der Waals surface area contributed by atoms with E-state index in [2.05, 4.69) is 54.4 Å². The largest absolute Gasteiger partial charge is 0.324 e. The summed E-state index contributed by atoms with van der Waals surface area (Å²) in [5, 5.41) is 3.09. The zero-order valence-electron chi connectivity index (χ0n) is 17.2. The first kappa shape index (κ1) is 19.0. The van der Waals surface area contributed by atoms with Gasteiger partial charge in [0.2, 0.25) is 0 Å². The van der Waals surface area contributed by atoms with Crippen molar-refractivity contribution in [2.45, 2.75) is 45.7 Å². The summed E-state index contributed by atoms with van der Waals surface area (Å²) < 4.78 is 0. The number of para-hydroxylation sites is 1. The number of aryl methyl sites for hydroxylation is 1. The van der Waals surface area contributed by atoms with Gasteiger partial charge in [0.15, 0.2) is 0 Å². The van der Waals surface area contributed by atoms with E-state index in [9.17, 15) is 4.79 Å². The summed E-state index contributed by atoms with van der Waals surface area (Å²) in [5.41, 5.74) is 3.72. The Hall–Kier alpha value is -2.33. The Morgan fingerprint density at radius 1 is 1.04 bits per heavy atom. The minimum Gasteiger partial charge on any atom is -0.324 e. The molecule has 2 aliphatic heterocycles. The van der Waals surface area contributed by atoms with Crippen LogP contribution in [0, 0.1) is 12.3 Å². The average Bonchev–Trinajstić information content (AvgIpc) is 2.69. The molecule has 2 aromatic carbocycles. The molecule has 4 heteroatoms. The molecule has 2 heterocycles. The van der Waals surface area contributed by atoms with Crippen LogP contribution in [-0.2, 0) is 0 Å². The number of nitrogens with zero attached hydrogens (tertiary/aromatic N) is 2. The molecule has 4 nitrogen and oxygen atoms in total. The second-order valence-corrected chi connectivity index (χ2v) is 8.67. The highest BCUT2D eigenvalue weighted by Gasteiger charge is 2.54. The smallest absolute Gasteiger partial charge is 0.321 e. The Balaban J connectivity index is 1.44. The summed E-state index contributed by atoms with van der Waals surface area (Å²) in [6.45, 7) is 9.39. The maximum Gasteiger partial charge on any atom is 0.321 e. The van der Waals surface area contributed by atoms with Crippen molar-refractivity contribution in [2.24, 2.45) is 5.41 Å². The van der Waals surface area contributed by atoms with Crippen LogP contribution in [0.1, 0.15) is 43.9 Å². The van der Waals surface area contributed by atoms with Gasteiger partial charge in [-0.25, -0.2) is 4.79 Å². The summed E-state index contributed by atoms with van der Waals surface area (Å²) in [7, 11) is 0. The third-order valence-corrected chi connectivity index (χ3v) is 6.62. The molecule has 0 radical (unpaired) electrons. The fraction of sp³-hybridized carbons (Fsp3) is 0.458. The SMILES string of the molecule is Cc1ccccc1NC(=O)N1CCC2(CC1)CN(C(C)C)C2c1ccccc1. The van der Waals surface area contributed by atoms with Gasteiger partial charge >= 0.3 is 6.03 Å². The first-order chi connectivity index (χ1) is 13.5. The van der Waals surface area contributed by atoms with Gasteiger partial charge in [0.25, 0.3) is 0 Å². The lowest BCUT2D eigenvalue weighted by atomic mass is 9.62. The van der Waals surface area contributed by atoms with Crippen LogP contribution in [0.25, 0.3) is 0 Å². The molecule has 0 bridgehead atoms. The Bertz CT molecular complexity index is 825. The van der Waals surface area contributed by atoms with E-state index in [1.807, 2.05) is 36.1 Å². The minimum absolute atomic E-state index is 0.0282. The summed E-state index contributed by atoms with van der Waals surface area (Å²) in [6, 6.07) is 19.9. The van der Waals surface area contributed by atoms with Crippen LogP contribution < -0.4 is 5.32 Å². The number of hydrogen-bond acceptors (Lipinski definition) is 2. The van der Waals surface area contributed by atoms with Crippen molar-refractivity contribution in [1.29, 1.82) is 0 Å². The van der Waals surface area contributed by atoms with Gasteiger partial charge in [0.1, 0.15) is 0 Å². The number of urea groups is 1. The molecule has 1 unspecified atom stereocenters.